The van der Waals surface area contributed by atoms with Gasteiger partial charge in [0.1, 0.15) is 0 Å². The molecule has 2 fully saturated rings. The van der Waals surface area contributed by atoms with Gasteiger partial charge >= 0.3 is 0 Å². The number of amides is 1. The molecule has 5 nitrogen and oxygen atoms in total. The first kappa shape index (κ1) is 27.1. The van der Waals surface area contributed by atoms with Crippen LogP contribution in [0.3, 0.4) is 0 Å². The first-order chi connectivity index (χ1) is 17.4. The Bertz CT molecular complexity index is 1050. The molecular formula is C29H37Cl2N3O2. The average molecular weight is 531 g/mol. The molecular weight excluding hydrogens is 493 g/mol. The van der Waals surface area contributed by atoms with Crippen LogP contribution in [0.1, 0.15) is 50.2 Å². The normalized spacial score (nSPS) is 23.4. The molecule has 36 heavy (non-hydrogen) atoms. The van der Waals surface area contributed by atoms with Gasteiger partial charge in [-0.05, 0) is 74.2 Å². The number of hydrogen-bond donors (Lipinski definition) is 1. The summed E-state index contributed by atoms with van der Waals surface area (Å²) < 4.78 is 0. The van der Waals surface area contributed by atoms with Crippen molar-refractivity contribution in [3.8, 4) is 0 Å². The Hall–Kier alpha value is -1.92. The van der Waals surface area contributed by atoms with Crippen LogP contribution in [0.4, 0.5) is 0 Å². The summed E-state index contributed by atoms with van der Waals surface area (Å²) in [6.07, 6.45) is 5.13. The lowest BCUT2D eigenvalue weighted by Crippen LogP contribution is -2.51. The van der Waals surface area contributed by atoms with Gasteiger partial charge in [-0.1, -0.05) is 66.5 Å². The van der Waals surface area contributed by atoms with Crippen LogP contribution in [-0.4, -0.2) is 59.3 Å². The van der Waals surface area contributed by atoms with E-state index in [4.69, 9.17) is 28.9 Å². The van der Waals surface area contributed by atoms with Gasteiger partial charge in [0.15, 0.2) is 5.78 Å². The number of halogens is 2. The largest absolute Gasteiger partial charge is 0.331 e. The first-order valence-electron chi connectivity index (χ1n) is 13.1. The fourth-order valence-electron chi connectivity index (χ4n) is 5.86. The average Bonchev–Trinajstić information content (AvgIpc) is 3.22. The number of rotatable bonds is 10. The zero-order valence-corrected chi connectivity index (χ0v) is 22.6. The Morgan fingerprint density at radius 3 is 2.58 bits per heavy atom. The fraction of sp³-hybridized carbons (Fsp3) is 0.517. The molecule has 7 heteroatoms. The lowest BCUT2D eigenvalue weighted by Gasteiger charge is -2.32. The molecule has 2 aromatic carbocycles. The van der Waals surface area contributed by atoms with E-state index in [1.807, 2.05) is 17.0 Å². The highest BCUT2D eigenvalue weighted by Gasteiger charge is 2.45. The van der Waals surface area contributed by atoms with Crippen molar-refractivity contribution in [2.24, 2.45) is 11.7 Å². The number of benzene rings is 2. The van der Waals surface area contributed by atoms with Gasteiger partial charge in [-0.25, -0.2) is 0 Å². The van der Waals surface area contributed by atoms with Crippen molar-refractivity contribution in [3.05, 3.63) is 69.7 Å². The Kier molecular flexibility index (Phi) is 9.46. The lowest BCUT2D eigenvalue weighted by molar-refractivity contribution is -0.142. The maximum Gasteiger partial charge on any atom is 0.240 e. The van der Waals surface area contributed by atoms with Gasteiger partial charge in [0, 0.05) is 25.6 Å². The number of nitrogens with two attached hydrogens (primary N) is 1. The van der Waals surface area contributed by atoms with Gasteiger partial charge in [-0.15, -0.1) is 0 Å². The van der Waals surface area contributed by atoms with E-state index in [0.29, 0.717) is 54.4 Å². The lowest BCUT2D eigenvalue weighted by atomic mass is 9.98. The van der Waals surface area contributed by atoms with Crippen LogP contribution in [0.2, 0.25) is 10.0 Å². The Balaban J connectivity index is 1.47. The van der Waals surface area contributed by atoms with E-state index in [0.717, 1.165) is 37.8 Å². The number of ketones is 1. The number of carbonyl (C=O) groups is 2. The first-order valence-corrected chi connectivity index (χ1v) is 13.9. The minimum atomic E-state index is -0.476. The zero-order chi connectivity index (χ0) is 25.7. The van der Waals surface area contributed by atoms with E-state index >= 15 is 0 Å². The molecule has 0 radical (unpaired) electrons. The summed E-state index contributed by atoms with van der Waals surface area (Å²) in [6, 6.07) is 15.7. The molecule has 194 valence electrons. The third-order valence-corrected chi connectivity index (χ3v) is 8.47. The van der Waals surface area contributed by atoms with Crippen molar-refractivity contribution in [3.63, 3.8) is 0 Å². The SMILES string of the molecule is C[C@@H]1C[C@H]2C(=O)N([C@H](CCN)C(=O)CCc3ccc(Cl)c(Cl)c3)CCC(CCc3ccccc3)N2C1. The van der Waals surface area contributed by atoms with Crippen molar-refractivity contribution in [2.45, 2.75) is 70.0 Å². The molecule has 0 bridgehead atoms. The van der Waals surface area contributed by atoms with Crippen molar-refractivity contribution in [1.29, 1.82) is 0 Å². The van der Waals surface area contributed by atoms with E-state index < -0.39 is 6.04 Å². The monoisotopic (exact) mass is 529 g/mol. The van der Waals surface area contributed by atoms with Crippen LogP contribution in [-0.2, 0) is 22.4 Å². The summed E-state index contributed by atoms with van der Waals surface area (Å²) in [5.74, 6) is 0.638. The third-order valence-electron chi connectivity index (χ3n) is 7.73. The van der Waals surface area contributed by atoms with Crippen LogP contribution in [0.25, 0.3) is 0 Å². The van der Waals surface area contributed by atoms with Crippen LogP contribution in [0.15, 0.2) is 48.5 Å². The van der Waals surface area contributed by atoms with E-state index in [9.17, 15) is 9.59 Å². The Morgan fingerprint density at radius 2 is 1.86 bits per heavy atom. The highest BCUT2D eigenvalue weighted by Crippen LogP contribution is 2.33. The number of fused-ring (bicyclic) bond motifs is 1. The van der Waals surface area contributed by atoms with Gasteiger partial charge in [0.25, 0.3) is 0 Å². The maximum atomic E-state index is 13.8. The summed E-state index contributed by atoms with van der Waals surface area (Å²) in [7, 11) is 0. The van der Waals surface area contributed by atoms with Gasteiger partial charge in [0.2, 0.25) is 5.91 Å². The van der Waals surface area contributed by atoms with Crippen molar-refractivity contribution < 1.29 is 9.59 Å². The smallest absolute Gasteiger partial charge is 0.240 e. The molecule has 0 aliphatic carbocycles. The molecule has 2 saturated heterocycles. The molecule has 2 aliphatic rings. The number of aryl methyl sites for hydroxylation is 2. The fourth-order valence-corrected chi connectivity index (χ4v) is 6.18. The maximum absolute atomic E-state index is 13.8. The zero-order valence-electron chi connectivity index (χ0n) is 21.0. The standard InChI is InChI=1S/C29H37Cl2N3O2/c1-20-17-27-29(36)33(16-14-23(34(27)19-20)10-7-21-5-3-2-4-6-21)26(13-15-32)28(35)12-9-22-8-11-24(30)25(31)18-22/h2-6,8,11,18,20,23,26-27H,7,9-10,12-17,19,32H2,1H3/t20-,23?,26-,27+/m1/s1. The predicted molar refractivity (Wildman–Crippen MR) is 146 cm³/mol. The Labute approximate surface area is 224 Å². The van der Waals surface area contributed by atoms with Crippen LogP contribution < -0.4 is 5.73 Å². The second-order valence-corrected chi connectivity index (χ2v) is 11.2. The molecule has 2 heterocycles. The summed E-state index contributed by atoms with van der Waals surface area (Å²) in [4.78, 5) is 31.6. The summed E-state index contributed by atoms with van der Waals surface area (Å²) in [5.41, 5.74) is 8.23. The van der Waals surface area contributed by atoms with Crippen molar-refractivity contribution in [2.75, 3.05) is 19.6 Å². The molecule has 0 aromatic heterocycles. The molecule has 1 unspecified atom stereocenters. The highest BCUT2D eigenvalue weighted by atomic mass is 35.5. The van der Waals surface area contributed by atoms with Gasteiger partial charge < -0.3 is 10.6 Å². The number of hydrogen-bond acceptors (Lipinski definition) is 4. The summed E-state index contributed by atoms with van der Waals surface area (Å²) in [5, 5.41) is 0.986. The van der Waals surface area contributed by atoms with Gasteiger partial charge in [-0.3, -0.25) is 14.5 Å². The Morgan fingerprint density at radius 1 is 1.08 bits per heavy atom. The van der Waals surface area contributed by atoms with Crippen LogP contribution in [0, 0.1) is 5.92 Å². The van der Waals surface area contributed by atoms with Crippen LogP contribution in [0.5, 0.6) is 0 Å². The van der Waals surface area contributed by atoms with E-state index in [2.05, 4.69) is 36.1 Å². The second kappa shape index (κ2) is 12.6. The summed E-state index contributed by atoms with van der Waals surface area (Å²) >= 11 is 12.2. The topological polar surface area (TPSA) is 66.6 Å². The number of carbonyl (C=O) groups excluding carboxylic acids is 2. The molecule has 0 spiro atoms. The second-order valence-electron chi connectivity index (χ2n) is 10.4. The minimum Gasteiger partial charge on any atom is -0.331 e. The molecule has 2 N–H and O–H groups in total. The summed E-state index contributed by atoms with van der Waals surface area (Å²) in [6.45, 7) is 4.13. The number of nitrogens with zero attached hydrogens (tertiary/aromatic N) is 2. The van der Waals surface area contributed by atoms with E-state index in [1.165, 1.54) is 5.56 Å². The van der Waals surface area contributed by atoms with Gasteiger partial charge in [0.05, 0.1) is 22.1 Å². The molecule has 4 rings (SSSR count). The molecule has 2 aromatic rings. The van der Waals surface area contributed by atoms with Gasteiger partial charge in [-0.2, -0.15) is 0 Å². The third kappa shape index (κ3) is 6.49. The molecule has 1 amide bonds. The van der Waals surface area contributed by atoms with E-state index in [1.54, 1.807) is 12.1 Å². The minimum absolute atomic E-state index is 0.0696. The molecule has 4 atom stereocenters. The molecule has 0 saturated carbocycles. The predicted octanol–water partition coefficient (Wildman–Crippen LogP) is 5.16. The quantitative estimate of drug-likeness (QED) is 0.461. The van der Waals surface area contributed by atoms with Crippen LogP contribution >= 0.6 is 23.2 Å². The molecule has 2 aliphatic heterocycles. The highest BCUT2D eigenvalue weighted by molar-refractivity contribution is 6.42. The van der Waals surface area contributed by atoms with Crippen molar-refractivity contribution >= 4 is 34.9 Å². The number of Topliss-reactive ketones (excluding diaryl/α,β-unsaturated/α-hetero) is 1. The van der Waals surface area contributed by atoms with Crippen molar-refractivity contribution in [1.82, 2.24) is 9.80 Å². The van der Waals surface area contributed by atoms with E-state index in [-0.39, 0.29) is 17.7 Å².